The summed E-state index contributed by atoms with van der Waals surface area (Å²) in [6.07, 6.45) is 1.84. The summed E-state index contributed by atoms with van der Waals surface area (Å²) >= 11 is 3.29. The lowest BCUT2D eigenvalue weighted by atomic mass is 10.2. The Labute approximate surface area is 152 Å². The molecule has 0 saturated heterocycles. The van der Waals surface area contributed by atoms with Gasteiger partial charge in [-0.2, -0.15) is 5.10 Å². The first-order valence-corrected chi connectivity index (χ1v) is 8.53. The number of rotatable bonds is 4. The number of nitrogens with one attached hydrogen (secondary N) is 1. The summed E-state index contributed by atoms with van der Waals surface area (Å²) in [4.78, 5) is 12.5. The van der Waals surface area contributed by atoms with Crippen LogP contribution in [0.1, 0.15) is 16.1 Å². The second kappa shape index (κ2) is 6.25. The number of amides is 1. The van der Waals surface area contributed by atoms with Crippen molar-refractivity contribution < 1.29 is 9.21 Å². The second-order valence-electron chi connectivity index (χ2n) is 5.73. The fraction of sp³-hybridized carbons (Fsp3) is 0.111. The molecule has 0 saturated carbocycles. The van der Waals surface area contributed by atoms with Gasteiger partial charge in [-0.3, -0.25) is 9.48 Å². The molecule has 0 fully saturated rings. The van der Waals surface area contributed by atoms with Crippen molar-refractivity contribution in [3.63, 3.8) is 0 Å². The van der Waals surface area contributed by atoms with Crippen LogP contribution in [0.25, 0.3) is 11.1 Å². The molecule has 0 atom stereocenters. The molecule has 0 spiro atoms. The monoisotopic (exact) mass is 398 g/mol. The molecule has 25 heavy (non-hydrogen) atoms. The quantitative estimate of drug-likeness (QED) is 0.564. The van der Waals surface area contributed by atoms with E-state index in [0.29, 0.717) is 28.3 Å². The summed E-state index contributed by atoms with van der Waals surface area (Å²) in [5, 5.41) is 7.23. The summed E-state index contributed by atoms with van der Waals surface area (Å²) in [5.74, 6) is 0.287. The molecule has 1 amide bonds. The van der Waals surface area contributed by atoms with Gasteiger partial charge in [0.1, 0.15) is 5.69 Å². The molecule has 126 valence electrons. The Bertz CT molecular complexity index is 1050. The number of nitrogens with zero attached hydrogens (tertiary/aromatic N) is 3. The minimum atomic E-state index is -0.227. The molecule has 3 aromatic heterocycles. The second-order valence-corrected chi connectivity index (χ2v) is 6.51. The number of furan rings is 1. The van der Waals surface area contributed by atoms with Gasteiger partial charge in [-0.25, -0.2) is 0 Å². The molecule has 0 radical (unpaired) electrons. The maximum Gasteiger partial charge on any atom is 0.273 e. The van der Waals surface area contributed by atoms with Crippen LogP contribution in [0.2, 0.25) is 0 Å². The van der Waals surface area contributed by atoms with Crippen LogP contribution in [0.4, 0.5) is 5.82 Å². The van der Waals surface area contributed by atoms with Gasteiger partial charge in [0.05, 0.1) is 12.1 Å². The molecule has 7 heteroatoms. The van der Waals surface area contributed by atoms with Crippen LogP contribution in [-0.2, 0) is 13.6 Å². The zero-order valence-corrected chi connectivity index (χ0v) is 15.0. The van der Waals surface area contributed by atoms with Gasteiger partial charge < -0.3 is 14.3 Å². The van der Waals surface area contributed by atoms with Crippen molar-refractivity contribution in [2.75, 3.05) is 5.32 Å². The Morgan fingerprint density at radius 2 is 2.04 bits per heavy atom. The third-order valence-electron chi connectivity index (χ3n) is 4.00. The first-order valence-electron chi connectivity index (χ1n) is 7.73. The number of benzene rings is 1. The van der Waals surface area contributed by atoms with Crippen molar-refractivity contribution in [3.8, 4) is 0 Å². The highest BCUT2D eigenvalue weighted by Crippen LogP contribution is 2.26. The van der Waals surface area contributed by atoms with Crippen molar-refractivity contribution in [2.45, 2.75) is 6.54 Å². The SMILES string of the molecule is Cn1c(C(=O)Nc2ccn(Cc3ccccc3)n2)cc2oc(Br)cc21. The minimum absolute atomic E-state index is 0.227. The summed E-state index contributed by atoms with van der Waals surface area (Å²) in [6.45, 7) is 0.655. The van der Waals surface area contributed by atoms with Gasteiger partial charge >= 0.3 is 0 Å². The zero-order chi connectivity index (χ0) is 17.4. The van der Waals surface area contributed by atoms with Crippen molar-refractivity contribution >= 4 is 38.8 Å². The lowest BCUT2D eigenvalue weighted by Gasteiger charge is -2.04. The maximum absolute atomic E-state index is 12.5. The van der Waals surface area contributed by atoms with Gasteiger partial charge in [0.25, 0.3) is 5.91 Å². The number of anilines is 1. The number of carbonyl (C=O) groups is 1. The first kappa shape index (κ1) is 15.7. The fourth-order valence-corrected chi connectivity index (χ4v) is 3.16. The zero-order valence-electron chi connectivity index (χ0n) is 13.4. The molecular formula is C18H15BrN4O2. The Morgan fingerprint density at radius 3 is 2.80 bits per heavy atom. The highest BCUT2D eigenvalue weighted by molar-refractivity contribution is 9.10. The Hall–Kier alpha value is -2.80. The lowest BCUT2D eigenvalue weighted by molar-refractivity contribution is 0.101. The predicted molar refractivity (Wildman–Crippen MR) is 98.6 cm³/mol. The Balaban J connectivity index is 1.50. The summed E-state index contributed by atoms with van der Waals surface area (Å²) < 4.78 is 9.72. The summed E-state index contributed by atoms with van der Waals surface area (Å²) in [5.41, 5.74) is 3.18. The summed E-state index contributed by atoms with van der Waals surface area (Å²) in [6, 6.07) is 15.4. The van der Waals surface area contributed by atoms with Crippen LogP contribution in [0, 0.1) is 0 Å². The average Bonchev–Trinajstić information content (AvgIpc) is 3.25. The standard InChI is InChI=1S/C18H15BrN4O2/c1-22-13-10-16(19)25-15(13)9-14(22)18(24)20-17-7-8-23(21-17)11-12-5-3-2-4-6-12/h2-10H,11H2,1H3,(H,20,21,24). The van der Waals surface area contributed by atoms with E-state index >= 15 is 0 Å². The Kier molecular flexibility index (Phi) is 3.93. The van der Waals surface area contributed by atoms with Gasteiger partial charge in [0.2, 0.25) is 0 Å². The number of halogens is 1. The molecule has 0 bridgehead atoms. The van der Waals surface area contributed by atoms with E-state index < -0.39 is 0 Å². The van der Waals surface area contributed by atoms with E-state index in [1.165, 1.54) is 0 Å². The molecule has 0 aliphatic heterocycles. The molecular weight excluding hydrogens is 384 g/mol. The molecule has 0 unspecified atom stereocenters. The number of hydrogen-bond donors (Lipinski definition) is 1. The van der Waals surface area contributed by atoms with Gasteiger partial charge in [-0.1, -0.05) is 30.3 Å². The number of fused-ring (bicyclic) bond motifs is 1. The number of carbonyl (C=O) groups excluding carboxylic acids is 1. The van der Waals surface area contributed by atoms with Crippen molar-refractivity contribution in [2.24, 2.45) is 7.05 Å². The number of aromatic nitrogens is 3. The van der Waals surface area contributed by atoms with Gasteiger partial charge in [-0.15, -0.1) is 0 Å². The van der Waals surface area contributed by atoms with Crippen LogP contribution in [-0.4, -0.2) is 20.3 Å². The van der Waals surface area contributed by atoms with E-state index in [1.807, 2.05) is 49.6 Å². The van der Waals surface area contributed by atoms with Gasteiger partial charge in [0, 0.05) is 31.4 Å². The minimum Gasteiger partial charge on any atom is -0.448 e. The van der Waals surface area contributed by atoms with Crippen molar-refractivity contribution in [3.05, 3.63) is 70.7 Å². The topological polar surface area (TPSA) is 65.0 Å². The third kappa shape index (κ3) is 3.10. The molecule has 4 rings (SSSR count). The third-order valence-corrected chi connectivity index (χ3v) is 4.39. The van der Waals surface area contributed by atoms with E-state index in [4.69, 9.17) is 4.42 Å². The van der Waals surface area contributed by atoms with Gasteiger partial charge in [0.15, 0.2) is 16.1 Å². The van der Waals surface area contributed by atoms with Crippen LogP contribution in [0.3, 0.4) is 0 Å². The average molecular weight is 399 g/mol. The maximum atomic E-state index is 12.5. The largest absolute Gasteiger partial charge is 0.448 e. The van der Waals surface area contributed by atoms with Crippen molar-refractivity contribution in [1.82, 2.24) is 14.3 Å². The van der Waals surface area contributed by atoms with Gasteiger partial charge in [-0.05, 0) is 21.5 Å². The molecule has 0 aliphatic carbocycles. The van der Waals surface area contributed by atoms with Crippen LogP contribution in [0.5, 0.6) is 0 Å². The van der Waals surface area contributed by atoms with E-state index in [1.54, 1.807) is 21.4 Å². The lowest BCUT2D eigenvalue weighted by Crippen LogP contribution is -2.16. The van der Waals surface area contributed by atoms with Crippen LogP contribution in [0.15, 0.2) is 63.8 Å². The molecule has 1 N–H and O–H groups in total. The Morgan fingerprint density at radius 1 is 1.24 bits per heavy atom. The highest BCUT2D eigenvalue weighted by Gasteiger charge is 2.17. The highest BCUT2D eigenvalue weighted by atomic mass is 79.9. The number of aryl methyl sites for hydroxylation is 1. The van der Waals surface area contributed by atoms with E-state index in [9.17, 15) is 4.79 Å². The molecule has 6 nitrogen and oxygen atoms in total. The summed E-state index contributed by atoms with van der Waals surface area (Å²) in [7, 11) is 1.83. The van der Waals surface area contributed by atoms with E-state index in [2.05, 4.69) is 26.3 Å². The fourth-order valence-electron chi connectivity index (χ4n) is 2.77. The van der Waals surface area contributed by atoms with Crippen LogP contribution < -0.4 is 5.32 Å². The number of hydrogen-bond acceptors (Lipinski definition) is 3. The first-order chi connectivity index (χ1) is 12.1. The normalized spacial score (nSPS) is 11.1. The molecule has 0 aliphatic rings. The predicted octanol–water partition coefficient (Wildman–Crippen LogP) is 4.03. The van der Waals surface area contributed by atoms with E-state index in [-0.39, 0.29) is 5.91 Å². The smallest absolute Gasteiger partial charge is 0.273 e. The van der Waals surface area contributed by atoms with Crippen LogP contribution >= 0.6 is 15.9 Å². The molecule has 4 aromatic rings. The van der Waals surface area contributed by atoms with Crippen molar-refractivity contribution in [1.29, 1.82) is 0 Å². The molecule has 3 heterocycles. The van der Waals surface area contributed by atoms with E-state index in [0.717, 1.165) is 11.1 Å². The molecule has 1 aromatic carbocycles.